The van der Waals surface area contributed by atoms with Crippen molar-refractivity contribution in [2.24, 2.45) is 5.73 Å². The first-order chi connectivity index (χ1) is 6.77. The molecule has 0 spiro atoms. The second-order valence-electron chi connectivity index (χ2n) is 2.75. The number of hydrogen-bond acceptors (Lipinski definition) is 3. The van der Waals surface area contributed by atoms with Crippen molar-refractivity contribution in [3.63, 3.8) is 0 Å². The van der Waals surface area contributed by atoms with E-state index >= 15 is 0 Å². The summed E-state index contributed by atoms with van der Waals surface area (Å²) in [7, 11) is 0. The fourth-order valence-electron chi connectivity index (χ4n) is 1.09. The molecular weight excluding hydrogens is 180 g/mol. The molecule has 0 aliphatic heterocycles. The van der Waals surface area contributed by atoms with Crippen molar-refractivity contribution in [2.75, 3.05) is 0 Å². The van der Waals surface area contributed by atoms with Crippen LogP contribution in [0.4, 0.5) is 0 Å². The van der Waals surface area contributed by atoms with E-state index in [0.29, 0.717) is 11.4 Å². The van der Waals surface area contributed by atoms with Gasteiger partial charge in [-0.3, -0.25) is 14.9 Å². The number of aromatic amines is 1. The van der Waals surface area contributed by atoms with E-state index < -0.39 is 5.91 Å². The number of rotatable bonds is 2. The molecule has 0 aromatic carbocycles. The average molecular weight is 188 g/mol. The highest BCUT2D eigenvalue weighted by molar-refractivity contribution is 5.91. The summed E-state index contributed by atoms with van der Waals surface area (Å²) >= 11 is 0. The van der Waals surface area contributed by atoms with Crippen LogP contribution in [0.5, 0.6) is 0 Å². The lowest BCUT2D eigenvalue weighted by Gasteiger charge is -1.91. The first-order valence-corrected chi connectivity index (χ1v) is 4.04. The predicted molar refractivity (Wildman–Crippen MR) is 50.3 cm³/mol. The van der Waals surface area contributed by atoms with Crippen molar-refractivity contribution in [3.8, 4) is 11.4 Å². The molecule has 0 aliphatic rings. The highest BCUT2D eigenvalue weighted by atomic mass is 16.1. The summed E-state index contributed by atoms with van der Waals surface area (Å²) in [6.45, 7) is 0. The Bertz CT molecular complexity index is 449. The number of nitrogens with two attached hydrogens (primary N) is 1. The number of nitrogens with zero attached hydrogens (tertiary/aromatic N) is 2. The lowest BCUT2D eigenvalue weighted by atomic mass is 10.2. The van der Waals surface area contributed by atoms with E-state index in [1.54, 1.807) is 18.3 Å². The predicted octanol–water partition coefficient (Wildman–Crippen LogP) is 0.571. The molecule has 0 bridgehead atoms. The summed E-state index contributed by atoms with van der Waals surface area (Å²) in [6.07, 6.45) is 1.66. The Morgan fingerprint density at radius 1 is 1.36 bits per heavy atom. The molecular formula is C9H8N4O. The lowest BCUT2D eigenvalue weighted by molar-refractivity contribution is 0.0995. The highest BCUT2D eigenvalue weighted by Crippen LogP contribution is 2.13. The van der Waals surface area contributed by atoms with Crippen LogP contribution >= 0.6 is 0 Å². The number of carbonyl (C=O) groups excluding carboxylic acids is 1. The molecule has 0 saturated carbocycles. The molecule has 5 nitrogen and oxygen atoms in total. The van der Waals surface area contributed by atoms with Crippen molar-refractivity contribution >= 4 is 5.91 Å². The third-order valence-electron chi connectivity index (χ3n) is 1.77. The lowest BCUT2D eigenvalue weighted by Crippen LogP contribution is -2.10. The summed E-state index contributed by atoms with van der Waals surface area (Å²) in [5.74, 6) is -0.528. The van der Waals surface area contributed by atoms with E-state index in [2.05, 4.69) is 15.2 Å². The van der Waals surface area contributed by atoms with Gasteiger partial charge in [0.1, 0.15) is 11.4 Å². The quantitative estimate of drug-likeness (QED) is 0.722. The summed E-state index contributed by atoms with van der Waals surface area (Å²) in [5.41, 5.74) is 6.67. The number of H-pyrrole nitrogens is 1. The molecule has 0 atom stereocenters. The number of carbonyl (C=O) groups is 1. The third kappa shape index (κ3) is 1.47. The Balaban J connectivity index is 2.39. The van der Waals surface area contributed by atoms with E-state index in [-0.39, 0.29) is 5.69 Å². The zero-order valence-corrected chi connectivity index (χ0v) is 7.27. The van der Waals surface area contributed by atoms with Crippen LogP contribution < -0.4 is 5.73 Å². The molecule has 0 saturated heterocycles. The Morgan fingerprint density at radius 3 is 2.79 bits per heavy atom. The first-order valence-electron chi connectivity index (χ1n) is 4.04. The van der Waals surface area contributed by atoms with Crippen molar-refractivity contribution in [2.45, 2.75) is 0 Å². The van der Waals surface area contributed by atoms with Gasteiger partial charge in [-0.2, -0.15) is 5.10 Å². The van der Waals surface area contributed by atoms with Crippen LogP contribution in [0.2, 0.25) is 0 Å². The van der Waals surface area contributed by atoms with Crippen molar-refractivity contribution < 1.29 is 4.79 Å². The van der Waals surface area contributed by atoms with Crippen molar-refractivity contribution in [1.82, 2.24) is 15.2 Å². The van der Waals surface area contributed by atoms with Crippen molar-refractivity contribution in [1.29, 1.82) is 0 Å². The topological polar surface area (TPSA) is 84.7 Å². The molecule has 2 rings (SSSR count). The minimum Gasteiger partial charge on any atom is -0.364 e. The second-order valence-corrected chi connectivity index (χ2v) is 2.75. The van der Waals surface area contributed by atoms with Gasteiger partial charge in [-0.15, -0.1) is 0 Å². The van der Waals surface area contributed by atoms with Gasteiger partial charge in [0.05, 0.1) is 5.69 Å². The molecule has 2 heterocycles. The Morgan fingerprint density at radius 2 is 2.21 bits per heavy atom. The van der Waals surface area contributed by atoms with Gasteiger partial charge in [0.25, 0.3) is 5.91 Å². The van der Waals surface area contributed by atoms with Crippen LogP contribution in [-0.4, -0.2) is 21.1 Å². The Hall–Kier alpha value is -2.17. The number of pyridine rings is 1. The largest absolute Gasteiger partial charge is 0.364 e. The summed E-state index contributed by atoms with van der Waals surface area (Å²) in [4.78, 5) is 14.9. The summed E-state index contributed by atoms with van der Waals surface area (Å²) in [5, 5.41) is 6.46. The summed E-state index contributed by atoms with van der Waals surface area (Å²) in [6, 6.07) is 7.04. The minimum absolute atomic E-state index is 0.283. The van der Waals surface area contributed by atoms with Gasteiger partial charge in [0, 0.05) is 6.20 Å². The van der Waals surface area contributed by atoms with Crippen molar-refractivity contribution in [3.05, 3.63) is 36.2 Å². The van der Waals surface area contributed by atoms with Gasteiger partial charge in [-0.25, -0.2) is 0 Å². The van der Waals surface area contributed by atoms with Crippen LogP contribution in [0.1, 0.15) is 10.5 Å². The Kier molecular flexibility index (Phi) is 1.98. The molecule has 0 unspecified atom stereocenters. The van der Waals surface area contributed by atoms with Gasteiger partial charge >= 0.3 is 0 Å². The standard InChI is InChI=1S/C9H8N4O/c10-9(14)8-5-7(12-13-8)6-3-1-2-4-11-6/h1-5H,(H2,10,14)(H,12,13). The number of aromatic nitrogens is 3. The third-order valence-corrected chi connectivity index (χ3v) is 1.77. The van der Waals surface area contributed by atoms with Crippen LogP contribution in [0.15, 0.2) is 30.5 Å². The van der Waals surface area contributed by atoms with E-state index in [9.17, 15) is 4.79 Å². The minimum atomic E-state index is -0.528. The fraction of sp³-hybridized carbons (Fsp3) is 0. The van der Waals surface area contributed by atoms with Crippen LogP contribution in [0, 0.1) is 0 Å². The highest BCUT2D eigenvalue weighted by Gasteiger charge is 2.07. The fourth-order valence-corrected chi connectivity index (χ4v) is 1.09. The van der Waals surface area contributed by atoms with Gasteiger partial charge in [-0.05, 0) is 18.2 Å². The zero-order chi connectivity index (χ0) is 9.97. The van der Waals surface area contributed by atoms with E-state index in [1.165, 1.54) is 0 Å². The van der Waals surface area contributed by atoms with Crippen LogP contribution in [-0.2, 0) is 0 Å². The molecule has 2 aromatic rings. The molecule has 1 amide bonds. The molecule has 0 radical (unpaired) electrons. The number of nitrogens with one attached hydrogen (secondary N) is 1. The monoisotopic (exact) mass is 188 g/mol. The molecule has 0 fully saturated rings. The maximum atomic E-state index is 10.8. The zero-order valence-electron chi connectivity index (χ0n) is 7.27. The number of hydrogen-bond donors (Lipinski definition) is 2. The maximum absolute atomic E-state index is 10.8. The van der Waals surface area contributed by atoms with Gasteiger partial charge in [-0.1, -0.05) is 6.07 Å². The average Bonchev–Trinajstić information content (AvgIpc) is 2.68. The van der Waals surface area contributed by atoms with E-state index in [4.69, 9.17) is 5.73 Å². The van der Waals surface area contributed by atoms with Gasteiger partial charge < -0.3 is 5.73 Å². The molecule has 2 aromatic heterocycles. The maximum Gasteiger partial charge on any atom is 0.266 e. The first kappa shape index (κ1) is 8.43. The number of amides is 1. The van der Waals surface area contributed by atoms with E-state index in [1.807, 2.05) is 12.1 Å². The normalized spacial score (nSPS) is 10.0. The van der Waals surface area contributed by atoms with Crippen LogP contribution in [0.3, 0.4) is 0 Å². The van der Waals surface area contributed by atoms with Gasteiger partial charge in [0.15, 0.2) is 0 Å². The SMILES string of the molecule is NC(=O)c1cc(-c2ccccn2)n[nH]1. The van der Waals surface area contributed by atoms with Gasteiger partial charge in [0.2, 0.25) is 0 Å². The van der Waals surface area contributed by atoms with E-state index in [0.717, 1.165) is 0 Å². The molecule has 70 valence electrons. The molecule has 3 N–H and O–H groups in total. The second kappa shape index (κ2) is 3.29. The van der Waals surface area contributed by atoms with Crippen LogP contribution in [0.25, 0.3) is 11.4 Å². The summed E-state index contributed by atoms with van der Waals surface area (Å²) < 4.78 is 0. The number of primary amides is 1. The smallest absolute Gasteiger partial charge is 0.266 e. The molecule has 0 aliphatic carbocycles. The molecule has 14 heavy (non-hydrogen) atoms. The Labute approximate surface area is 80.0 Å². The molecule has 5 heteroatoms.